The monoisotopic (exact) mass is 594 g/mol. The van der Waals surface area contributed by atoms with Crippen LogP contribution in [0.25, 0.3) is 10.2 Å². The first-order valence-electron chi connectivity index (χ1n) is 11.5. The van der Waals surface area contributed by atoms with Crippen LogP contribution in [0.3, 0.4) is 0 Å². The van der Waals surface area contributed by atoms with Gasteiger partial charge < -0.3 is 4.90 Å². The zero-order chi connectivity index (χ0) is 27.0. The second-order valence-corrected chi connectivity index (χ2v) is 11.9. The Morgan fingerprint density at radius 1 is 1.00 bits per heavy atom. The smallest absolute Gasteiger partial charge is 0.260 e. The maximum Gasteiger partial charge on any atom is 0.260 e. The van der Waals surface area contributed by atoms with Gasteiger partial charge in [-0.25, -0.2) is 13.4 Å². The molecular formula is C25H28Cl2N6O3S2. The second-order valence-electron chi connectivity index (χ2n) is 8.47. The molecule has 0 fully saturated rings. The summed E-state index contributed by atoms with van der Waals surface area (Å²) in [6, 6.07) is 14.9. The number of benzene rings is 2. The van der Waals surface area contributed by atoms with Gasteiger partial charge in [-0.05, 0) is 69.5 Å². The quantitative estimate of drug-likeness (QED) is 0.295. The van der Waals surface area contributed by atoms with Gasteiger partial charge in [-0.15, -0.1) is 12.4 Å². The number of anilines is 1. The lowest BCUT2D eigenvalue weighted by Gasteiger charge is -2.22. The van der Waals surface area contributed by atoms with Crippen molar-refractivity contribution in [3.8, 4) is 12.1 Å². The van der Waals surface area contributed by atoms with E-state index >= 15 is 0 Å². The lowest BCUT2D eigenvalue weighted by Crippen LogP contribution is -2.34. The lowest BCUT2D eigenvalue weighted by atomic mass is 10.2. The average Bonchev–Trinajstić information content (AvgIpc) is 3.29. The van der Waals surface area contributed by atoms with Crippen molar-refractivity contribution >= 4 is 66.6 Å². The van der Waals surface area contributed by atoms with Gasteiger partial charge in [-0.1, -0.05) is 22.9 Å². The predicted molar refractivity (Wildman–Crippen MR) is 152 cm³/mol. The van der Waals surface area contributed by atoms with Crippen molar-refractivity contribution < 1.29 is 13.2 Å². The topological polar surface area (TPSA) is 121 Å². The van der Waals surface area contributed by atoms with Crippen LogP contribution in [0.2, 0.25) is 5.02 Å². The van der Waals surface area contributed by atoms with E-state index in [-0.39, 0.29) is 49.1 Å². The van der Waals surface area contributed by atoms with Crippen LogP contribution < -0.4 is 4.90 Å². The van der Waals surface area contributed by atoms with E-state index in [4.69, 9.17) is 22.1 Å². The van der Waals surface area contributed by atoms with Gasteiger partial charge in [0.2, 0.25) is 10.0 Å². The van der Waals surface area contributed by atoms with E-state index < -0.39 is 10.0 Å². The van der Waals surface area contributed by atoms with Gasteiger partial charge in [0.05, 0.1) is 27.3 Å². The third-order valence-electron chi connectivity index (χ3n) is 5.49. The van der Waals surface area contributed by atoms with Crippen molar-refractivity contribution in [2.45, 2.75) is 24.2 Å². The number of carbonyl (C=O) groups excluding carboxylic acids is 1. The minimum atomic E-state index is -3.93. The molecule has 0 radical (unpaired) electrons. The Labute approximate surface area is 238 Å². The summed E-state index contributed by atoms with van der Waals surface area (Å²) >= 11 is 7.49. The van der Waals surface area contributed by atoms with Crippen LogP contribution in [0.4, 0.5) is 5.13 Å². The van der Waals surface area contributed by atoms with Crippen molar-refractivity contribution in [2.75, 3.05) is 45.2 Å². The molecule has 0 spiro atoms. The summed E-state index contributed by atoms with van der Waals surface area (Å²) in [5.41, 5.74) is 1.06. The van der Waals surface area contributed by atoms with Crippen LogP contribution >= 0.6 is 35.3 Å². The van der Waals surface area contributed by atoms with Gasteiger partial charge in [-0.3, -0.25) is 9.69 Å². The third-order valence-corrected chi connectivity index (χ3v) is 8.68. The Bertz CT molecular complexity index is 1410. The summed E-state index contributed by atoms with van der Waals surface area (Å²) in [5, 5.41) is 18.9. The third kappa shape index (κ3) is 7.87. The minimum Gasteiger partial charge on any atom is -0.309 e. The van der Waals surface area contributed by atoms with Gasteiger partial charge >= 0.3 is 0 Å². The van der Waals surface area contributed by atoms with Gasteiger partial charge in [0, 0.05) is 43.1 Å². The number of nitriles is 2. The van der Waals surface area contributed by atoms with E-state index in [1.54, 1.807) is 11.0 Å². The number of amides is 1. The molecule has 0 aliphatic carbocycles. The van der Waals surface area contributed by atoms with Crippen molar-refractivity contribution in [3.05, 3.63) is 53.1 Å². The zero-order valence-electron chi connectivity index (χ0n) is 21.0. The first kappa shape index (κ1) is 31.4. The number of hydrogen-bond donors (Lipinski definition) is 0. The summed E-state index contributed by atoms with van der Waals surface area (Å²) < 4.78 is 28.2. The number of aromatic nitrogens is 1. The first-order chi connectivity index (χ1) is 17.7. The summed E-state index contributed by atoms with van der Waals surface area (Å²) in [4.78, 5) is 21.8. The Balaban J connectivity index is 0.00000507. The Morgan fingerprint density at radius 3 is 2.21 bits per heavy atom. The molecule has 0 unspecified atom stereocenters. The molecule has 9 nitrogen and oxygen atoms in total. The van der Waals surface area contributed by atoms with Crippen LogP contribution in [0, 0.1) is 22.7 Å². The summed E-state index contributed by atoms with van der Waals surface area (Å²) in [6.07, 6.45) is 0.738. The van der Waals surface area contributed by atoms with Crippen LogP contribution in [-0.2, 0) is 10.0 Å². The van der Waals surface area contributed by atoms with E-state index in [0.717, 1.165) is 21.1 Å². The van der Waals surface area contributed by atoms with E-state index in [2.05, 4.69) is 4.98 Å². The molecule has 1 aromatic heterocycles. The molecule has 0 bridgehead atoms. The zero-order valence-corrected chi connectivity index (χ0v) is 24.2. The highest BCUT2D eigenvalue weighted by Gasteiger charge is 2.26. The number of hydrogen-bond acceptors (Lipinski definition) is 8. The molecule has 0 N–H and O–H groups in total. The number of carbonyl (C=O) groups is 1. The molecule has 38 heavy (non-hydrogen) atoms. The van der Waals surface area contributed by atoms with Crippen molar-refractivity contribution in [2.24, 2.45) is 0 Å². The summed E-state index contributed by atoms with van der Waals surface area (Å²) in [5.74, 6) is -0.293. The molecule has 2 aromatic carbocycles. The maximum atomic E-state index is 13.6. The number of thiazole rings is 1. The molecule has 3 aromatic rings. The van der Waals surface area contributed by atoms with Crippen LogP contribution in [0.15, 0.2) is 47.4 Å². The van der Waals surface area contributed by atoms with E-state index in [1.807, 2.05) is 43.3 Å². The van der Waals surface area contributed by atoms with E-state index in [1.165, 1.54) is 35.6 Å². The molecule has 13 heteroatoms. The summed E-state index contributed by atoms with van der Waals surface area (Å²) in [6.45, 7) is 1.19. The van der Waals surface area contributed by atoms with Crippen LogP contribution in [-0.4, -0.2) is 68.8 Å². The molecule has 202 valence electrons. The fraction of sp³-hybridized carbons (Fsp3) is 0.360. The number of sulfonamides is 1. The molecular weight excluding hydrogens is 567 g/mol. The minimum absolute atomic E-state index is 0. The van der Waals surface area contributed by atoms with Gasteiger partial charge in [0.25, 0.3) is 5.91 Å². The number of fused-ring (bicyclic) bond motifs is 1. The predicted octanol–water partition coefficient (Wildman–Crippen LogP) is 4.79. The first-order valence-corrected chi connectivity index (χ1v) is 14.2. The molecule has 0 aliphatic rings. The average molecular weight is 596 g/mol. The van der Waals surface area contributed by atoms with E-state index in [9.17, 15) is 13.2 Å². The molecule has 1 heterocycles. The number of halogens is 2. The van der Waals surface area contributed by atoms with Gasteiger partial charge in [0.1, 0.15) is 0 Å². The standard InChI is InChI=1S/C25H27ClN6O3S2.ClH/c1-30(2)14-5-17-32(25-29-22-11-8-20(26)18-23(22)36-25)24(33)19-6-9-21(10-7-19)37(34,35)31(15-3-12-27)16-4-13-28;/h6-11,18H,3-5,14-17H2,1-2H3;1H. The number of rotatable bonds is 12. The normalized spacial score (nSPS) is 11.2. The number of nitrogens with zero attached hydrogens (tertiary/aromatic N) is 6. The Kier molecular flexibility index (Phi) is 11.9. The van der Waals surface area contributed by atoms with Crippen LogP contribution in [0.5, 0.6) is 0 Å². The molecule has 3 rings (SSSR count). The molecule has 1 amide bonds. The Hall–Kier alpha value is -2.77. The van der Waals surface area contributed by atoms with Crippen molar-refractivity contribution in [1.82, 2.24) is 14.2 Å². The largest absolute Gasteiger partial charge is 0.309 e. The molecule has 0 atom stereocenters. The highest BCUT2D eigenvalue weighted by molar-refractivity contribution is 7.89. The fourth-order valence-electron chi connectivity index (χ4n) is 3.61. The molecule has 0 aliphatic heterocycles. The second kappa shape index (κ2) is 14.4. The highest BCUT2D eigenvalue weighted by Crippen LogP contribution is 2.32. The molecule has 0 saturated carbocycles. The van der Waals surface area contributed by atoms with Gasteiger partial charge in [0.15, 0.2) is 5.13 Å². The molecule has 0 saturated heterocycles. The van der Waals surface area contributed by atoms with Gasteiger partial charge in [-0.2, -0.15) is 14.8 Å². The fourth-order valence-corrected chi connectivity index (χ4v) is 6.31. The summed E-state index contributed by atoms with van der Waals surface area (Å²) in [7, 11) is -0.00792. The van der Waals surface area contributed by atoms with Crippen molar-refractivity contribution in [1.29, 1.82) is 10.5 Å². The van der Waals surface area contributed by atoms with E-state index in [0.29, 0.717) is 28.7 Å². The SMILES string of the molecule is CN(C)CCCN(C(=O)c1ccc(S(=O)(=O)N(CCC#N)CCC#N)cc1)c1nc2ccc(Cl)cc2s1.Cl. The van der Waals surface area contributed by atoms with Crippen molar-refractivity contribution in [3.63, 3.8) is 0 Å². The Morgan fingerprint density at radius 2 is 1.63 bits per heavy atom. The lowest BCUT2D eigenvalue weighted by molar-refractivity contribution is 0.0986. The van der Waals surface area contributed by atoms with Crippen LogP contribution in [0.1, 0.15) is 29.6 Å². The highest BCUT2D eigenvalue weighted by atomic mass is 35.5. The maximum absolute atomic E-state index is 13.6.